The third-order valence-corrected chi connectivity index (χ3v) is 4.79. The lowest BCUT2D eigenvalue weighted by Crippen LogP contribution is -2.20. The van der Waals surface area contributed by atoms with Gasteiger partial charge in [-0.1, -0.05) is 47.5 Å². The molecule has 130 valence electrons. The zero-order valence-electron chi connectivity index (χ0n) is 12.9. The maximum atomic E-state index is 11.8. The van der Waals surface area contributed by atoms with Crippen molar-refractivity contribution in [3.63, 3.8) is 0 Å². The third kappa shape index (κ3) is 5.77. The minimum atomic E-state index is -1.06. The van der Waals surface area contributed by atoms with Gasteiger partial charge in [-0.2, -0.15) is 5.10 Å². The number of carbonyl (C=O) groups excluding carboxylic acids is 1. The average Bonchev–Trinajstić information content (AvgIpc) is 2.58. The number of hydrazone groups is 1. The molecule has 2 aromatic rings. The van der Waals surface area contributed by atoms with Crippen LogP contribution in [0.4, 0.5) is 0 Å². The second kappa shape index (κ2) is 9.46. The number of hydrogen-bond donors (Lipinski definition) is 2. The summed E-state index contributed by atoms with van der Waals surface area (Å²) >= 11 is 13.5. The molecule has 2 aromatic carbocycles. The molecule has 8 heteroatoms. The van der Waals surface area contributed by atoms with Gasteiger partial charge >= 0.3 is 5.97 Å². The Hall–Kier alpha value is -2.02. The first-order valence-electron chi connectivity index (χ1n) is 7.14. The molecule has 0 spiro atoms. The molecule has 0 aliphatic heterocycles. The number of halogens is 2. The molecule has 0 atom stereocenters. The Bertz CT molecular complexity index is 792. The standard InChI is InChI=1S/C17H14Cl2N2O3S/c18-14-6-3-7-15(19)13(14)9-25-10-16(22)21-20-8-11-4-1-2-5-12(11)17(23)24/h1-8H,9-10H2,(H,21,22)(H,23,24)/b20-8-. The fourth-order valence-corrected chi connectivity index (χ4v) is 3.48. The van der Waals surface area contributed by atoms with Crippen molar-refractivity contribution < 1.29 is 14.7 Å². The zero-order chi connectivity index (χ0) is 18.2. The molecule has 0 radical (unpaired) electrons. The molecule has 0 aliphatic rings. The Morgan fingerprint density at radius 2 is 1.80 bits per heavy atom. The van der Waals surface area contributed by atoms with Gasteiger partial charge in [0.05, 0.1) is 17.5 Å². The quantitative estimate of drug-likeness (QED) is 0.545. The van der Waals surface area contributed by atoms with Crippen molar-refractivity contribution in [1.29, 1.82) is 0 Å². The summed E-state index contributed by atoms with van der Waals surface area (Å²) in [6.07, 6.45) is 1.30. The maximum Gasteiger partial charge on any atom is 0.336 e. The summed E-state index contributed by atoms with van der Waals surface area (Å²) < 4.78 is 0. The SMILES string of the molecule is O=C(CSCc1c(Cl)cccc1Cl)N/N=C\c1ccccc1C(=O)O. The van der Waals surface area contributed by atoms with Gasteiger partial charge in [-0.3, -0.25) is 4.79 Å². The van der Waals surface area contributed by atoms with Crippen LogP contribution in [-0.4, -0.2) is 29.0 Å². The highest BCUT2D eigenvalue weighted by Crippen LogP contribution is 2.28. The number of rotatable bonds is 7. The Labute approximate surface area is 159 Å². The van der Waals surface area contributed by atoms with Crippen LogP contribution in [-0.2, 0) is 10.5 Å². The molecule has 1 amide bonds. The van der Waals surface area contributed by atoms with Crippen LogP contribution in [0.5, 0.6) is 0 Å². The van der Waals surface area contributed by atoms with Gasteiger partial charge in [0.15, 0.2) is 0 Å². The molecule has 0 unspecified atom stereocenters. The highest BCUT2D eigenvalue weighted by Gasteiger charge is 2.08. The van der Waals surface area contributed by atoms with Crippen LogP contribution in [0.1, 0.15) is 21.5 Å². The van der Waals surface area contributed by atoms with Crippen LogP contribution in [0.2, 0.25) is 10.0 Å². The molecule has 0 bridgehead atoms. The lowest BCUT2D eigenvalue weighted by atomic mass is 10.1. The van der Waals surface area contributed by atoms with Crippen LogP contribution < -0.4 is 5.43 Å². The largest absolute Gasteiger partial charge is 0.478 e. The number of hydrogen-bond acceptors (Lipinski definition) is 4. The van der Waals surface area contributed by atoms with E-state index in [9.17, 15) is 9.59 Å². The number of amides is 1. The van der Waals surface area contributed by atoms with Gasteiger partial charge in [0.25, 0.3) is 0 Å². The molecule has 0 heterocycles. The summed E-state index contributed by atoms with van der Waals surface area (Å²) in [5.74, 6) is -0.700. The van der Waals surface area contributed by atoms with Gasteiger partial charge in [0.1, 0.15) is 0 Å². The van der Waals surface area contributed by atoms with Crippen LogP contribution >= 0.6 is 35.0 Å². The first kappa shape index (κ1) is 19.3. The van der Waals surface area contributed by atoms with E-state index in [2.05, 4.69) is 10.5 Å². The Kier molecular flexibility index (Phi) is 7.31. The molecule has 0 saturated heterocycles. The van der Waals surface area contributed by atoms with Crippen molar-refractivity contribution in [2.75, 3.05) is 5.75 Å². The van der Waals surface area contributed by atoms with Crippen molar-refractivity contribution >= 4 is 53.1 Å². The van der Waals surface area contributed by atoms with Gasteiger partial charge in [-0.05, 0) is 23.8 Å². The first-order chi connectivity index (χ1) is 12.0. The summed E-state index contributed by atoms with van der Waals surface area (Å²) in [7, 11) is 0. The minimum absolute atomic E-state index is 0.114. The van der Waals surface area contributed by atoms with E-state index in [1.807, 2.05) is 0 Å². The number of carboxylic acids is 1. The normalized spacial score (nSPS) is 10.8. The lowest BCUT2D eigenvalue weighted by molar-refractivity contribution is -0.118. The van der Waals surface area contributed by atoms with Crippen LogP contribution in [0.25, 0.3) is 0 Å². The van der Waals surface area contributed by atoms with Gasteiger partial charge < -0.3 is 5.11 Å². The highest BCUT2D eigenvalue weighted by molar-refractivity contribution is 7.99. The van der Waals surface area contributed by atoms with Crippen molar-refractivity contribution in [3.05, 3.63) is 69.2 Å². The summed E-state index contributed by atoms with van der Waals surface area (Å²) in [6.45, 7) is 0. The smallest absolute Gasteiger partial charge is 0.336 e. The maximum absolute atomic E-state index is 11.8. The van der Waals surface area contributed by atoms with E-state index in [0.29, 0.717) is 21.4 Å². The average molecular weight is 397 g/mol. The Balaban J connectivity index is 1.84. The molecular formula is C17H14Cl2N2O3S. The molecule has 0 aromatic heterocycles. The summed E-state index contributed by atoms with van der Waals surface area (Å²) in [6, 6.07) is 11.6. The van der Waals surface area contributed by atoms with E-state index in [4.69, 9.17) is 28.3 Å². The summed E-state index contributed by atoms with van der Waals surface area (Å²) in [4.78, 5) is 22.9. The molecule has 0 saturated carbocycles. The number of carboxylic acid groups (broad SMARTS) is 1. The van der Waals surface area contributed by atoms with Crippen molar-refractivity contribution in [1.82, 2.24) is 5.43 Å². The van der Waals surface area contributed by atoms with Crippen molar-refractivity contribution in [2.45, 2.75) is 5.75 Å². The van der Waals surface area contributed by atoms with E-state index in [0.717, 1.165) is 5.56 Å². The minimum Gasteiger partial charge on any atom is -0.478 e. The first-order valence-corrected chi connectivity index (χ1v) is 9.05. The van der Waals surface area contributed by atoms with Crippen LogP contribution in [0.15, 0.2) is 47.6 Å². The van der Waals surface area contributed by atoms with Gasteiger partial charge in [-0.25, -0.2) is 10.2 Å². The van der Waals surface area contributed by atoms with E-state index in [-0.39, 0.29) is 17.2 Å². The fourth-order valence-electron chi connectivity index (χ4n) is 1.93. The number of aromatic carboxylic acids is 1. The third-order valence-electron chi connectivity index (χ3n) is 3.13. The number of nitrogens with one attached hydrogen (secondary N) is 1. The zero-order valence-corrected chi connectivity index (χ0v) is 15.2. The predicted molar refractivity (Wildman–Crippen MR) is 102 cm³/mol. The van der Waals surface area contributed by atoms with E-state index in [1.165, 1.54) is 24.0 Å². The van der Waals surface area contributed by atoms with Gasteiger partial charge in [0.2, 0.25) is 5.91 Å². The van der Waals surface area contributed by atoms with E-state index in [1.54, 1.807) is 36.4 Å². The van der Waals surface area contributed by atoms with Gasteiger partial charge in [-0.15, -0.1) is 11.8 Å². The topological polar surface area (TPSA) is 78.8 Å². The number of benzene rings is 2. The molecule has 25 heavy (non-hydrogen) atoms. The number of thioether (sulfide) groups is 1. The second-order valence-corrected chi connectivity index (χ2v) is 6.68. The predicted octanol–water partition coefficient (Wildman–Crippen LogP) is 4.08. The van der Waals surface area contributed by atoms with E-state index >= 15 is 0 Å². The summed E-state index contributed by atoms with van der Waals surface area (Å²) in [5, 5.41) is 14.0. The number of nitrogens with zero attached hydrogens (tertiary/aromatic N) is 1. The molecule has 5 nitrogen and oxygen atoms in total. The number of carbonyl (C=O) groups is 2. The highest BCUT2D eigenvalue weighted by atomic mass is 35.5. The molecule has 2 rings (SSSR count). The molecule has 0 fully saturated rings. The molecule has 0 aliphatic carbocycles. The Morgan fingerprint density at radius 1 is 1.12 bits per heavy atom. The fraction of sp³-hybridized carbons (Fsp3) is 0.118. The van der Waals surface area contributed by atoms with Crippen molar-refractivity contribution in [3.8, 4) is 0 Å². The van der Waals surface area contributed by atoms with Crippen molar-refractivity contribution in [2.24, 2.45) is 5.10 Å². The monoisotopic (exact) mass is 396 g/mol. The van der Waals surface area contributed by atoms with E-state index < -0.39 is 5.97 Å². The van der Waals surface area contributed by atoms with Crippen LogP contribution in [0, 0.1) is 0 Å². The Morgan fingerprint density at radius 3 is 2.48 bits per heavy atom. The lowest BCUT2D eigenvalue weighted by Gasteiger charge is -2.06. The van der Waals surface area contributed by atoms with Gasteiger partial charge in [0, 0.05) is 21.4 Å². The second-order valence-electron chi connectivity index (χ2n) is 4.88. The van der Waals surface area contributed by atoms with Crippen LogP contribution in [0.3, 0.4) is 0 Å². The summed E-state index contributed by atoms with van der Waals surface area (Å²) in [5.41, 5.74) is 3.67. The molecule has 2 N–H and O–H groups in total. The molecular weight excluding hydrogens is 383 g/mol.